The van der Waals surface area contributed by atoms with Crippen molar-refractivity contribution < 1.29 is 0 Å². The van der Waals surface area contributed by atoms with Crippen molar-refractivity contribution in [1.29, 1.82) is 0 Å². The molecule has 0 amide bonds. The van der Waals surface area contributed by atoms with Crippen LogP contribution >= 0.6 is 22.6 Å². The Balaban J connectivity index is 0.000001000. The third-order valence-corrected chi connectivity index (χ3v) is 2.84. The van der Waals surface area contributed by atoms with Gasteiger partial charge in [0.1, 0.15) is 0 Å². The van der Waals surface area contributed by atoms with Crippen LogP contribution in [0.5, 0.6) is 0 Å². The van der Waals surface area contributed by atoms with E-state index in [1.807, 2.05) is 0 Å². The zero-order chi connectivity index (χ0) is 7.61. The fraction of sp³-hybridized carbons (Fsp3) is 0.875. The fourth-order valence-corrected chi connectivity index (χ4v) is 2.35. The number of rotatable bonds is 0. The van der Waals surface area contributed by atoms with Crippen molar-refractivity contribution in [1.82, 2.24) is 5.32 Å². The van der Waals surface area contributed by atoms with E-state index in [-0.39, 0.29) is 0 Å². The second-order valence-electron chi connectivity index (χ2n) is 3.47. The summed E-state index contributed by atoms with van der Waals surface area (Å²) in [6.45, 7) is 6.88. The van der Waals surface area contributed by atoms with Gasteiger partial charge in [0.15, 0.2) is 0 Å². The quantitative estimate of drug-likeness (QED) is 0.297. The molecule has 0 aromatic heterocycles. The van der Waals surface area contributed by atoms with Crippen LogP contribution in [0.2, 0.25) is 0 Å². The summed E-state index contributed by atoms with van der Waals surface area (Å²) in [5, 5.41) is 3.41. The van der Waals surface area contributed by atoms with Crippen LogP contribution in [0.1, 0.15) is 26.7 Å². The van der Waals surface area contributed by atoms with Gasteiger partial charge in [-0.25, -0.2) is 0 Å². The molecule has 1 radical (unpaired) electrons. The van der Waals surface area contributed by atoms with Crippen molar-refractivity contribution >= 4 is 22.6 Å². The number of hydrogen-bond acceptors (Lipinski definition) is 1. The summed E-state index contributed by atoms with van der Waals surface area (Å²) in [6.07, 6.45) is 2.57. The van der Waals surface area contributed by atoms with Crippen molar-refractivity contribution in [3.8, 4) is 0 Å². The molecule has 1 atom stereocenters. The summed E-state index contributed by atoms with van der Waals surface area (Å²) < 4.78 is 0.505. The van der Waals surface area contributed by atoms with E-state index in [4.69, 9.17) is 0 Å². The molecule has 1 heterocycles. The Kier molecular flexibility index (Phi) is 3.79. The normalized spacial score (nSPS) is 34.1. The second-order valence-corrected chi connectivity index (χ2v) is 6.08. The molecule has 1 saturated heterocycles. The van der Waals surface area contributed by atoms with Gasteiger partial charge in [-0.15, -0.1) is 6.54 Å². The number of alkyl halides is 1. The maximum absolute atomic E-state index is 3.41. The molecule has 1 nitrogen and oxygen atoms in total. The summed E-state index contributed by atoms with van der Waals surface area (Å²) >= 11 is 2.57. The van der Waals surface area contributed by atoms with E-state index < -0.39 is 0 Å². The molecular formula is C8H15ILrN-. The van der Waals surface area contributed by atoms with Crippen LogP contribution in [-0.4, -0.2) is 16.5 Å². The van der Waals surface area contributed by atoms with E-state index in [2.05, 4.69) is 41.8 Å². The predicted octanol–water partition coefficient (Wildman–Crippen LogP) is 2.16. The van der Waals surface area contributed by atoms with Crippen molar-refractivity contribution in [2.45, 2.75) is 30.1 Å². The van der Waals surface area contributed by atoms with Crippen molar-refractivity contribution in [3.05, 3.63) is 5.92 Å². The molecule has 75 valence electrons. The minimum Gasteiger partial charge on any atom is -0.346 e. The predicted molar refractivity (Wildman–Crippen MR) is 53.4 cm³/mol. The Morgan fingerprint density at radius 1 is 1.55 bits per heavy atom. The molecule has 3 heteroatoms. The Morgan fingerprint density at radius 2 is 2.18 bits per heavy atom. The number of halogens is 1. The third kappa shape index (κ3) is 3.56. The van der Waals surface area contributed by atoms with Crippen LogP contribution in [0, 0.1) is 5.92 Å². The average molecular weight is 514 g/mol. The minimum absolute atomic E-state index is 0. The molecule has 1 aliphatic rings. The monoisotopic (exact) mass is 514 g/mol. The van der Waals surface area contributed by atoms with Crippen LogP contribution in [-0.2, 0) is 0 Å². The summed E-state index contributed by atoms with van der Waals surface area (Å²) in [6, 6.07) is 0. The van der Waals surface area contributed by atoms with Crippen LogP contribution in [0.25, 0.3) is 0 Å². The fourth-order valence-electron chi connectivity index (χ4n) is 1.43. The first kappa shape index (κ1) is 10.7. The van der Waals surface area contributed by atoms with Crippen molar-refractivity contribution in [2.24, 2.45) is 0 Å². The molecule has 1 fully saturated rings. The Morgan fingerprint density at radius 3 is 2.82 bits per heavy atom. The largest absolute Gasteiger partial charge is 0.346 e. The molecule has 0 aromatic carbocycles. The van der Waals surface area contributed by atoms with Crippen molar-refractivity contribution in [3.63, 3.8) is 0 Å². The van der Waals surface area contributed by atoms with Gasteiger partial charge in [0, 0.05) is 0 Å². The van der Waals surface area contributed by atoms with Crippen molar-refractivity contribution in [2.75, 3.05) is 13.1 Å². The first-order valence-electron chi connectivity index (χ1n) is 3.81. The molecule has 11 heavy (non-hydrogen) atoms. The van der Waals surface area contributed by atoms with Crippen LogP contribution in [0.4, 0.5) is 0 Å². The van der Waals surface area contributed by atoms with E-state index in [1.54, 1.807) is 5.92 Å². The van der Waals surface area contributed by atoms with Gasteiger partial charge in [0.05, 0.1) is 0 Å². The molecule has 1 rings (SSSR count). The van der Waals surface area contributed by atoms with Gasteiger partial charge in [-0.05, 0) is 16.4 Å². The summed E-state index contributed by atoms with van der Waals surface area (Å²) in [5.41, 5.74) is 0. The Bertz CT molecular complexity index is 117. The number of nitrogens with one attached hydrogen (secondary N) is 1. The van der Waals surface area contributed by atoms with Gasteiger partial charge in [-0.3, -0.25) is 0 Å². The van der Waals surface area contributed by atoms with Gasteiger partial charge in [0.25, 0.3) is 0 Å². The average Bonchev–Trinajstić information content (AvgIpc) is 1.90. The van der Waals surface area contributed by atoms with Crippen LogP contribution in [0.15, 0.2) is 0 Å². The third-order valence-electron chi connectivity index (χ3n) is 1.92. The van der Waals surface area contributed by atoms with E-state index in [9.17, 15) is 0 Å². The topological polar surface area (TPSA) is 12.0 Å². The second kappa shape index (κ2) is 3.90. The first-order valence-corrected chi connectivity index (χ1v) is 4.89. The maximum atomic E-state index is 3.41. The van der Waals surface area contributed by atoms with Gasteiger partial charge >= 0.3 is 0 Å². The molecular weight excluding hydrogens is 499 g/mol. The molecule has 1 N–H and O–H groups in total. The van der Waals surface area contributed by atoms with E-state index in [1.165, 1.54) is 19.4 Å². The Hall–Kier alpha value is -0.310. The van der Waals surface area contributed by atoms with Gasteiger partial charge < -0.3 is 11.2 Å². The van der Waals surface area contributed by atoms with E-state index in [0.29, 0.717) is 3.42 Å². The van der Waals surface area contributed by atoms with E-state index in [0.717, 1.165) is 6.54 Å². The Labute approximate surface area is 77.1 Å². The smallest absolute Gasteiger partial charge is 0 e. The molecule has 0 spiro atoms. The van der Waals surface area contributed by atoms with Crippen LogP contribution in [0.3, 0.4) is 0 Å². The van der Waals surface area contributed by atoms with Gasteiger partial charge in [-0.1, -0.05) is 29.5 Å². The molecule has 0 aliphatic carbocycles. The molecule has 0 aromatic rings. The van der Waals surface area contributed by atoms with E-state index >= 15 is 0 Å². The molecule has 1 unspecified atom stereocenters. The van der Waals surface area contributed by atoms with Gasteiger partial charge in [-0.2, -0.15) is 13.3 Å². The number of hydrogen-bond donors (Lipinski definition) is 1. The summed E-state index contributed by atoms with van der Waals surface area (Å²) in [4.78, 5) is 0. The van der Waals surface area contributed by atoms with Crippen LogP contribution < -0.4 is 5.32 Å². The molecule has 0 saturated carbocycles. The summed E-state index contributed by atoms with van der Waals surface area (Å²) in [5.74, 6) is 1.59. The maximum Gasteiger partial charge on any atom is 0 e. The van der Waals surface area contributed by atoms with Gasteiger partial charge in [0.2, 0.25) is 0 Å². The summed E-state index contributed by atoms with van der Waals surface area (Å²) in [7, 11) is 0. The molecule has 1 aliphatic heterocycles. The zero-order valence-electron chi connectivity index (χ0n) is 6.96. The minimum atomic E-state index is 0. The zero-order valence-corrected chi connectivity index (χ0v) is 11.3. The molecule has 0 bridgehead atoms. The SMILES string of the molecule is C[C-]1CNCCC(C)(I)C1.[Lr]. The first-order chi connectivity index (χ1) is 4.60. The standard InChI is InChI=1S/C8H15IN.Lr/c1-7-5-8(2,9)3-4-10-6-7;/h10H,3-6H2,1-2H3;/q-1;.